The molecule has 2 aromatic heterocycles. The minimum atomic E-state index is -4.46. The van der Waals surface area contributed by atoms with Crippen LogP contribution in [0.5, 0.6) is 0 Å². The predicted octanol–water partition coefficient (Wildman–Crippen LogP) is 5.33. The van der Waals surface area contributed by atoms with Crippen LogP contribution in [0, 0.1) is 0 Å². The fraction of sp³-hybridized carbons (Fsp3) is 0.200. The standard InChI is InChI=1S/C30H27F3N4O3/c1-36-26(15-18-35-36)19-27(29(39)40-2)37(20-22-3-8-23(9-4-22)24-13-16-34-17-14-24)28(38)12-7-21-5-10-25(11-6-21)30(31,32)33/h3-18,27H,19-20H2,1-2H3. The summed E-state index contributed by atoms with van der Waals surface area (Å²) >= 11 is 0. The minimum Gasteiger partial charge on any atom is -0.467 e. The molecule has 1 unspecified atom stereocenters. The van der Waals surface area contributed by atoms with Crippen molar-refractivity contribution in [2.45, 2.75) is 25.2 Å². The maximum Gasteiger partial charge on any atom is 0.416 e. The van der Waals surface area contributed by atoms with Crippen LogP contribution in [-0.4, -0.2) is 44.7 Å². The second kappa shape index (κ2) is 12.4. The highest BCUT2D eigenvalue weighted by Gasteiger charge is 2.32. The number of aromatic nitrogens is 3. The Morgan fingerprint density at radius 2 is 1.60 bits per heavy atom. The Morgan fingerprint density at radius 3 is 2.17 bits per heavy atom. The highest BCUT2D eigenvalue weighted by atomic mass is 19.4. The van der Waals surface area contributed by atoms with Crippen molar-refractivity contribution < 1.29 is 27.5 Å². The summed E-state index contributed by atoms with van der Waals surface area (Å²) in [5, 5.41) is 4.14. The smallest absolute Gasteiger partial charge is 0.416 e. The second-order valence-corrected chi connectivity index (χ2v) is 9.04. The largest absolute Gasteiger partial charge is 0.467 e. The van der Waals surface area contributed by atoms with Crippen molar-refractivity contribution in [2.24, 2.45) is 7.05 Å². The van der Waals surface area contributed by atoms with Crippen LogP contribution in [0.3, 0.4) is 0 Å². The predicted molar refractivity (Wildman–Crippen MR) is 143 cm³/mol. The van der Waals surface area contributed by atoms with E-state index in [0.717, 1.165) is 28.8 Å². The van der Waals surface area contributed by atoms with Gasteiger partial charge in [-0.15, -0.1) is 0 Å². The Labute approximate surface area is 229 Å². The molecule has 40 heavy (non-hydrogen) atoms. The first-order valence-electron chi connectivity index (χ1n) is 12.4. The number of pyridine rings is 1. The molecule has 0 aliphatic carbocycles. The number of alkyl halides is 3. The van der Waals surface area contributed by atoms with Gasteiger partial charge in [0.05, 0.1) is 12.7 Å². The molecule has 2 heterocycles. The number of rotatable bonds is 9. The van der Waals surface area contributed by atoms with E-state index in [1.165, 1.54) is 36.3 Å². The van der Waals surface area contributed by atoms with Crippen LogP contribution in [-0.2, 0) is 40.5 Å². The number of hydrogen-bond acceptors (Lipinski definition) is 5. The summed E-state index contributed by atoms with van der Waals surface area (Å²) in [5.41, 5.74) is 3.06. The summed E-state index contributed by atoms with van der Waals surface area (Å²) in [7, 11) is 2.99. The molecule has 0 fully saturated rings. The number of aryl methyl sites for hydroxylation is 1. The van der Waals surface area contributed by atoms with E-state index in [-0.39, 0.29) is 13.0 Å². The monoisotopic (exact) mass is 548 g/mol. The lowest BCUT2D eigenvalue weighted by atomic mass is 10.0. The van der Waals surface area contributed by atoms with Gasteiger partial charge in [0, 0.05) is 50.4 Å². The Morgan fingerprint density at radius 1 is 0.950 bits per heavy atom. The van der Waals surface area contributed by atoms with Gasteiger partial charge in [0.25, 0.3) is 0 Å². The molecule has 0 N–H and O–H groups in total. The zero-order valence-electron chi connectivity index (χ0n) is 21.9. The number of nitrogens with zero attached hydrogens (tertiary/aromatic N) is 4. The molecule has 4 rings (SSSR count). The number of esters is 1. The lowest BCUT2D eigenvalue weighted by Crippen LogP contribution is -2.46. The van der Waals surface area contributed by atoms with Crippen molar-refractivity contribution in [1.29, 1.82) is 0 Å². The lowest BCUT2D eigenvalue weighted by Gasteiger charge is -2.29. The van der Waals surface area contributed by atoms with Gasteiger partial charge in [-0.2, -0.15) is 18.3 Å². The molecule has 0 bridgehead atoms. The summed E-state index contributed by atoms with van der Waals surface area (Å²) in [6.07, 6.45) is 3.35. The highest BCUT2D eigenvalue weighted by Crippen LogP contribution is 2.29. The molecule has 0 aliphatic rings. The third kappa shape index (κ3) is 7.02. The molecule has 0 saturated carbocycles. The van der Waals surface area contributed by atoms with E-state index < -0.39 is 29.7 Å². The Hall–Kier alpha value is -4.73. The van der Waals surface area contributed by atoms with E-state index >= 15 is 0 Å². The van der Waals surface area contributed by atoms with Crippen LogP contribution in [0.4, 0.5) is 13.2 Å². The second-order valence-electron chi connectivity index (χ2n) is 9.04. The van der Waals surface area contributed by atoms with Crippen molar-refractivity contribution in [3.63, 3.8) is 0 Å². The first-order chi connectivity index (χ1) is 19.2. The molecule has 0 aliphatic heterocycles. The lowest BCUT2D eigenvalue weighted by molar-refractivity contribution is -0.151. The van der Waals surface area contributed by atoms with Gasteiger partial charge in [-0.1, -0.05) is 36.4 Å². The number of carbonyl (C=O) groups is 2. The van der Waals surface area contributed by atoms with Gasteiger partial charge < -0.3 is 9.64 Å². The maximum atomic E-state index is 13.5. The molecule has 2 aromatic carbocycles. The van der Waals surface area contributed by atoms with Crippen LogP contribution < -0.4 is 0 Å². The van der Waals surface area contributed by atoms with Crippen LogP contribution in [0.25, 0.3) is 17.2 Å². The van der Waals surface area contributed by atoms with Gasteiger partial charge in [-0.25, -0.2) is 4.79 Å². The van der Waals surface area contributed by atoms with Gasteiger partial charge in [-0.05, 0) is 58.7 Å². The Kier molecular flexibility index (Phi) is 8.78. The molecular weight excluding hydrogens is 521 g/mol. The zero-order valence-corrected chi connectivity index (χ0v) is 21.9. The van der Waals surface area contributed by atoms with Gasteiger partial charge >= 0.3 is 12.1 Å². The van der Waals surface area contributed by atoms with Crippen molar-refractivity contribution in [2.75, 3.05) is 7.11 Å². The SMILES string of the molecule is COC(=O)C(Cc1ccnn1C)N(Cc1ccc(-c2ccncc2)cc1)C(=O)C=Cc1ccc(C(F)(F)F)cc1. The normalized spacial score (nSPS) is 12.3. The molecule has 206 valence electrons. The fourth-order valence-corrected chi connectivity index (χ4v) is 4.19. The number of carbonyl (C=O) groups excluding carboxylic acids is 2. The van der Waals surface area contributed by atoms with E-state index in [9.17, 15) is 22.8 Å². The van der Waals surface area contributed by atoms with E-state index in [4.69, 9.17) is 4.74 Å². The average molecular weight is 549 g/mol. The topological polar surface area (TPSA) is 77.3 Å². The molecular formula is C30H27F3N4O3. The van der Waals surface area contributed by atoms with Gasteiger partial charge in [0.15, 0.2) is 0 Å². The van der Waals surface area contributed by atoms with Crippen molar-refractivity contribution in [3.8, 4) is 11.1 Å². The number of ether oxygens (including phenoxy) is 1. The first kappa shape index (κ1) is 28.3. The summed E-state index contributed by atoms with van der Waals surface area (Å²) < 4.78 is 45.4. The molecule has 0 spiro atoms. The summed E-state index contributed by atoms with van der Waals surface area (Å²) in [4.78, 5) is 31.9. The van der Waals surface area contributed by atoms with E-state index in [1.54, 1.807) is 36.4 Å². The molecule has 4 aromatic rings. The number of amides is 1. The maximum absolute atomic E-state index is 13.5. The van der Waals surface area contributed by atoms with Crippen LogP contribution >= 0.6 is 0 Å². The molecule has 10 heteroatoms. The number of benzene rings is 2. The molecule has 1 amide bonds. The quantitative estimate of drug-likeness (QED) is 0.209. The zero-order chi connectivity index (χ0) is 28.7. The molecule has 0 saturated heterocycles. The van der Waals surface area contributed by atoms with Crippen LogP contribution in [0.1, 0.15) is 22.4 Å². The Bertz CT molecular complexity index is 1460. The van der Waals surface area contributed by atoms with Crippen LogP contribution in [0.2, 0.25) is 0 Å². The molecule has 0 radical (unpaired) electrons. The van der Waals surface area contributed by atoms with Crippen molar-refractivity contribution in [1.82, 2.24) is 19.7 Å². The first-order valence-corrected chi connectivity index (χ1v) is 12.4. The Balaban J connectivity index is 1.63. The third-order valence-corrected chi connectivity index (χ3v) is 6.43. The van der Waals surface area contributed by atoms with Crippen molar-refractivity contribution in [3.05, 3.63) is 114 Å². The minimum absolute atomic E-state index is 0.0877. The van der Waals surface area contributed by atoms with Crippen LogP contribution in [0.15, 0.2) is 91.4 Å². The van der Waals surface area contributed by atoms with Crippen molar-refractivity contribution >= 4 is 18.0 Å². The van der Waals surface area contributed by atoms with E-state index in [2.05, 4.69) is 10.1 Å². The summed E-state index contributed by atoms with van der Waals surface area (Å²) in [6.45, 7) is 0.0877. The number of halogens is 3. The third-order valence-electron chi connectivity index (χ3n) is 6.43. The molecule has 1 atom stereocenters. The highest BCUT2D eigenvalue weighted by molar-refractivity contribution is 5.94. The summed E-state index contributed by atoms with van der Waals surface area (Å²) in [6, 6.07) is 16.6. The number of methoxy groups -OCH3 is 1. The summed E-state index contributed by atoms with van der Waals surface area (Å²) in [5.74, 6) is -1.11. The van der Waals surface area contributed by atoms with E-state index in [0.29, 0.717) is 11.3 Å². The number of hydrogen-bond donors (Lipinski definition) is 0. The fourth-order valence-electron chi connectivity index (χ4n) is 4.19. The van der Waals surface area contributed by atoms with Gasteiger partial charge in [0.2, 0.25) is 5.91 Å². The van der Waals surface area contributed by atoms with Gasteiger partial charge in [0.1, 0.15) is 6.04 Å². The average Bonchev–Trinajstić information content (AvgIpc) is 3.37. The van der Waals surface area contributed by atoms with Gasteiger partial charge in [-0.3, -0.25) is 14.5 Å². The van der Waals surface area contributed by atoms with E-state index in [1.807, 2.05) is 36.4 Å². The molecule has 7 nitrogen and oxygen atoms in total.